The van der Waals surface area contributed by atoms with Crippen molar-refractivity contribution in [1.82, 2.24) is 0 Å². The van der Waals surface area contributed by atoms with Crippen molar-refractivity contribution in [1.29, 1.82) is 0 Å². The smallest absolute Gasteiger partial charge is 0.265 e. The number of carbonyl (C=O) groups is 1. The van der Waals surface area contributed by atoms with Crippen molar-refractivity contribution in [3.05, 3.63) is 58.6 Å². The normalized spacial score (nSPS) is 16.4. The zero-order valence-electron chi connectivity index (χ0n) is 11.0. The van der Waals surface area contributed by atoms with Crippen LogP contribution in [0.15, 0.2) is 42.5 Å². The van der Waals surface area contributed by atoms with Gasteiger partial charge in [0.25, 0.3) is 5.91 Å². The van der Waals surface area contributed by atoms with Gasteiger partial charge in [-0.25, -0.2) is 0 Å². The van der Waals surface area contributed by atoms with Gasteiger partial charge in [-0.05, 0) is 42.8 Å². The maximum atomic E-state index is 12.2. The number of aryl methyl sites for hydroxylation is 1. The fourth-order valence-corrected chi connectivity index (χ4v) is 2.42. The van der Waals surface area contributed by atoms with E-state index in [-0.39, 0.29) is 5.91 Å². The summed E-state index contributed by atoms with van der Waals surface area (Å²) < 4.78 is 5.65. The molecule has 3 rings (SSSR count). The highest BCUT2D eigenvalue weighted by atomic mass is 35.5. The first kappa shape index (κ1) is 13.0. The number of anilines is 1. The maximum absolute atomic E-state index is 12.2. The van der Waals surface area contributed by atoms with E-state index in [0.29, 0.717) is 11.4 Å². The number of nitrogens with one attached hydrogen (secondary N) is 1. The molecule has 0 bridgehead atoms. The van der Waals surface area contributed by atoms with Crippen LogP contribution < -0.4 is 10.1 Å². The van der Waals surface area contributed by atoms with Gasteiger partial charge in [-0.2, -0.15) is 0 Å². The molecule has 1 N–H and O–H groups in total. The number of fused-ring (bicyclic) bond motifs is 1. The second kappa shape index (κ2) is 5.17. The summed E-state index contributed by atoms with van der Waals surface area (Å²) in [6.07, 6.45) is 0.0536. The summed E-state index contributed by atoms with van der Waals surface area (Å²) in [7, 11) is 0. The molecular weight excluding hydrogens is 274 g/mol. The third-order valence-corrected chi connectivity index (χ3v) is 3.54. The van der Waals surface area contributed by atoms with Crippen LogP contribution >= 0.6 is 11.6 Å². The quantitative estimate of drug-likeness (QED) is 0.917. The van der Waals surface area contributed by atoms with Gasteiger partial charge in [-0.15, -0.1) is 0 Å². The first-order chi connectivity index (χ1) is 9.61. The Morgan fingerprint density at radius 1 is 1.25 bits per heavy atom. The number of ether oxygens (including phenoxy) is 1. The van der Waals surface area contributed by atoms with E-state index >= 15 is 0 Å². The van der Waals surface area contributed by atoms with E-state index in [1.165, 1.54) is 0 Å². The fraction of sp³-hybridized carbons (Fsp3) is 0.188. The third-order valence-electron chi connectivity index (χ3n) is 3.31. The number of amides is 1. The number of hydrogen-bond donors (Lipinski definition) is 1. The zero-order valence-corrected chi connectivity index (χ0v) is 11.8. The van der Waals surface area contributed by atoms with Gasteiger partial charge in [0, 0.05) is 17.1 Å². The van der Waals surface area contributed by atoms with Crippen LogP contribution in [-0.2, 0) is 11.2 Å². The highest BCUT2D eigenvalue weighted by Gasteiger charge is 2.29. The molecule has 4 heteroatoms. The fourth-order valence-electron chi connectivity index (χ4n) is 2.22. The van der Waals surface area contributed by atoms with Crippen LogP contribution in [0.25, 0.3) is 0 Å². The first-order valence-corrected chi connectivity index (χ1v) is 6.82. The molecule has 1 heterocycles. The van der Waals surface area contributed by atoms with Crippen molar-refractivity contribution >= 4 is 23.2 Å². The molecule has 20 heavy (non-hydrogen) atoms. The summed E-state index contributed by atoms with van der Waals surface area (Å²) in [4.78, 5) is 12.2. The number of carbonyl (C=O) groups excluding carboxylic acids is 1. The summed E-state index contributed by atoms with van der Waals surface area (Å²) in [5, 5.41) is 3.52. The van der Waals surface area contributed by atoms with E-state index in [0.717, 1.165) is 22.6 Å². The maximum Gasteiger partial charge on any atom is 0.265 e. The van der Waals surface area contributed by atoms with E-state index in [4.69, 9.17) is 16.3 Å². The topological polar surface area (TPSA) is 38.3 Å². The summed E-state index contributed by atoms with van der Waals surface area (Å²) in [5.74, 6) is 0.597. The molecule has 0 radical (unpaired) electrons. The van der Waals surface area contributed by atoms with Gasteiger partial charge in [0.1, 0.15) is 5.75 Å². The van der Waals surface area contributed by atoms with Crippen LogP contribution in [0, 0.1) is 6.92 Å². The lowest BCUT2D eigenvalue weighted by Gasteiger charge is -2.11. The molecule has 0 aromatic heterocycles. The van der Waals surface area contributed by atoms with E-state index in [1.807, 2.05) is 37.3 Å². The highest BCUT2D eigenvalue weighted by Crippen LogP contribution is 2.31. The van der Waals surface area contributed by atoms with Crippen molar-refractivity contribution < 1.29 is 9.53 Å². The molecule has 0 aliphatic carbocycles. The Kier molecular flexibility index (Phi) is 3.36. The van der Waals surface area contributed by atoms with E-state index in [2.05, 4.69) is 5.32 Å². The number of rotatable bonds is 2. The van der Waals surface area contributed by atoms with Crippen LogP contribution in [0.1, 0.15) is 11.1 Å². The third kappa shape index (κ3) is 2.63. The monoisotopic (exact) mass is 287 g/mol. The Bertz CT molecular complexity index is 652. The summed E-state index contributed by atoms with van der Waals surface area (Å²) in [6, 6.07) is 13.1. The SMILES string of the molecule is Cc1ccc(NC(=O)[C@@H]2Cc3cc(Cl)ccc3O2)cc1. The van der Waals surface area contributed by atoms with Crippen LogP contribution in [0.2, 0.25) is 5.02 Å². The molecule has 0 unspecified atom stereocenters. The second-order valence-electron chi connectivity index (χ2n) is 4.92. The molecule has 1 aliphatic heterocycles. The standard InChI is InChI=1S/C16H14ClNO2/c1-10-2-5-13(6-3-10)18-16(19)15-9-11-8-12(17)4-7-14(11)20-15/h2-8,15H,9H2,1H3,(H,18,19)/t15-/m0/s1. The summed E-state index contributed by atoms with van der Waals surface area (Å²) in [5.41, 5.74) is 2.90. The van der Waals surface area contributed by atoms with E-state index in [9.17, 15) is 4.79 Å². The van der Waals surface area contributed by atoms with E-state index < -0.39 is 6.10 Å². The lowest BCUT2D eigenvalue weighted by atomic mass is 10.1. The molecule has 1 aliphatic rings. The van der Waals surface area contributed by atoms with Crippen LogP contribution in [0.4, 0.5) is 5.69 Å². The van der Waals surface area contributed by atoms with E-state index in [1.54, 1.807) is 12.1 Å². The number of halogens is 1. The van der Waals surface area contributed by atoms with Gasteiger partial charge in [-0.3, -0.25) is 4.79 Å². The minimum atomic E-state index is -0.496. The van der Waals surface area contributed by atoms with Gasteiger partial charge in [0.15, 0.2) is 6.10 Å². The average Bonchev–Trinajstić information content (AvgIpc) is 2.84. The minimum absolute atomic E-state index is 0.138. The Morgan fingerprint density at radius 2 is 2.00 bits per heavy atom. The average molecular weight is 288 g/mol. The molecule has 0 saturated carbocycles. The Morgan fingerprint density at radius 3 is 2.75 bits per heavy atom. The van der Waals surface area contributed by atoms with Crippen LogP contribution in [0.5, 0.6) is 5.75 Å². The predicted octanol–water partition coefficient (Wildman–Crippen LogP) is 3.59. The minimum Gasteiger partial charge on any atom is -0.480 e. The second-order valence-corrected chi connectivity index (χ2v) is 5.35. The zero-order chi connectivity index (χ0) is 14.1. The Hall–Kier alpha value is -2.00. The molecule has 2 aromatic carbocycles. The molecule has 1 atom stereocenters. The lowest BCUT2D eigenvalue weighted by molar-refractivity contribution is -0.122. The molecule has 1 amide bonds. The molecule has 0 saturated heterocycles. The number of benzene rings is 2. The first-order valence-electron chi connectivity index (χ1n) is 6.44. The van der Waals surface area contributed by atoms with Crippen molar-refractivity contribution in [2.45, 2.75) is 19.4 Å². The van der Waals surface area contributed by atoms with Crippen LogP contribution in [0.3, 0.4) is 0 Å². The van der Waals surface area contributed by atoms with Gasteiger partial charge in [0.05, 0.1) is 0 Å². The van der Waals surface area contributed by atoms with Crippen molar-refractivity contribution in [3.8, 4) is 5.75 Å². The molecule has 3 nitrogen and oxygen atoms in total. The highest BCUT2D eigenvalue weighted by molar-refractivity contribution is 6.30. The van der Waals surface area contributed by atoms with Crippen molar-refractivity contribution in [2.24, 2.45) is 0 Å². The molecule has 0 spiro atoms. The summed E-state index contributed by atoms with van der Waals surface area (Å²) in [6.45, 7) is 2.01. The van der Waals surface area contributed by atoms with Gasteiger partial charge < -0.3 is 10.1 Å². The Balaban J connectivity index is 1.69. The predicted molar refractivity (Wildman–Crippen MR) is 79.4 cm³/mol. The molecule has 2 aromatic rings. The largest absolute Gasteiger partial charge is 0.480 e. The summed E-state index contributed by atoms with van der Waals surface area (Å²) >= 11 is 5.94. The van der Waals surface area contributed by atoms with Crippen LogP contribution in [-0.4, -0.2) is 12.0 Å². The molecule has 102 valence electrons. The number of hydrogen-bond acceptors (Lipinski definition) is 2. The van der Waals surface area contributed by atoms with Crippen molar-refractivity contribution in [2.75, 3.05) is 5.32 Å². The van der Waals surface area contributed by atoms with Crippen molar-refractivity contribution in [3.63, 3.8) is 0 Å². The van der Waals surface area contributed by atoms with Gasteiger partial charge in [-0.1, -0.05) is 29.3 Å². The Labute approximate surface area is 122 Å². The molecule has 0 fully saturated rings. The van der Waals surface area contributed by atoms with Gasteiger partial charge in [0.2, 0.25) is 0 Å². The lowest BCUT2D eigenvalue weighted by Crippen LogP contribution is -2.31. The molecular formula is C16H14ClNO2. The van der Waals surface area contributed by atoms with Gasteiger partial charge >= 0.3 is 0 Å².